The maximum atomic E-state index is 13.3. The number of nitrogens with one attached hydrogen (secondary N) is 1. The molecule has 0 radical (unpaired) electrons. The number of hydrogen-bond donors (Lipinski definition) is 2. The van der Waals surface area contributed by atoms with Crippen LogP contribution < -0.4 is 4.74 Å². The van der Waals surface area contributed by atoms with Crippen molar-refractivity contribution in [3.63, 3.8) is 0 Å². The second kappa shape index (κ2) is 5.18. The Balaban J connectivity index is 2.43. The maximum absolute atomic E-state index is 13.3. The number of rotatable bonds is 4. The first-order valence-corrected chi connectivity index (χ1v) is 5.72. The summed E-state index contributed by atoms with van der Waals surface area (Å²) in [7, 11) is 0. The monoisotopic (exact) mass is 250 g/mol. The number of aromatic nitrogens is 2. The number of aromatic amines is 1. The summed E-state index contributed by atoms with van der Waals surface area (Å²) < 4.78 is 18.9. The fourth-order valence-electron chi connectivity index (χ4n) is 1.64. The Morgan fingerprint density at radius 2 is 2.17 bits per heavy atom. The Morgan fingerprint density at radius 1 is 1.39 bits per heavy atom. The summed E-state index contributed by atoms with van der Waals surface area (Å²) in [5.41, 5.74) is 1.69. The van der Waals surface area contributed by atoms with E-state index in [4.69, 9.17) is 9.84 Å². The Labute approximate surface area is 104 Å². The topological polar surface area (TPSA) is 58.1 Å². The van der Waals surface area contributed by atoms with Crippen LogP contribution in [0, 0.1) is 5.82 Å². The van der Waals surface area contributed by atoms with Gasteiger partial charge in [0, 0.05) is 5.56 Å². The van der Waals surface area contributed by atoms with Crippen molar-refractivity contribution < 1.29 is 14.2 Å². The fraction of sp³-hybridized carbons (Fsp3) is 0.308. The van der Waals surface area contributed by atoms with E-state index in [-0.39, 0.29) is 18.5 Å². The summed E-state index contributed by atoms with van der Waals surface area (Å²) in [5, 5.41) is 15.7. The molecule has 0 unspecified atom stereocenters. The number of ether oxygens (including phenoxy) is 1. The molecular formula is C13H15FN2O2. The zero-order valence-corrected chi connectivity index (χ0v) is 10.3. The zero-order valence-electron chi connectivity index (χ0n) is 10.3. The van der Waals surface area contributed by atoms with Gasteiger partial charge in [-0.2, -0.15) is 5.10 Å². The minimum absolute atomic E-state index is 0.00883. The van der Waals surface area contributed by atoms with Gasteiger partial charge >= 0.3 is 0 Å². The number of aliphatic hydroxyl groups excluding tert-OH is 1. The quantitative estimate of drug-likeness (QED) is 0.876. The number of hydrogen-bond acceptors (Lipinski definition) is 3. The Bertz CT molecular complexity index is 538. The van der Waals surface area contributed by atoms with Gasteiger partial charge in [-0.1, -0.05) is 0 Å². The van der Waals surface area contributed by atoms with E-state index in [2.05, 4.69) is 10.2 Å². The molecular weight excluding hydrogens is 235 g/mol. The van der Waals surface area contributed by atoms with Gasteiger partial charge in [0.1, 0.15) is 11.6 Å². The largest absolute Gasteiger partial charge is 0.490 e. The van der Waals surface area contributed by atoms with Crippen LogP contribution in [0.15, 0.2) is 24.3 Å². The van der Waals surface area contributed by atoms with Gasteiger partial charge in [-0.3, -0.25) is 5.10 Å². The van der Waals surface area contributed by atoms with E-state index < -0.39 is 0 Å². The van der Waals surface area contributed by atoms with Gasteiger partial charge in [0.05, 0.1) is 24.1 Å². The molecule has 1 aromatic carbocycles. The van der Waals surface area contributed by atoms with Crippen LogP contribution in [-0.2, 0) is 6.61 Å². The van der Waals surface area contributed by atoms with E-state index >= 15 is 0 Å². The first-order chi connectivity index (χ1) is 8.60. The predicted molar refractivity (Wildman–Crippen MR) is 65.7 cm³/mol. The molecule has 1 aromatic heterocycles. The molecule has 0 aliphatic heterocycles. The number of nitrogens with zero attached hydrogens (tertiary/aromatic N) is 1. The first-order valence-electron chi connectivity index (χ1n) is 5.72. The lowest BCUT2D eigenvalue weighted by atomic mass is 10.1. The highest BCUT2D eigenvalue weighted by molar-refractivity contribution is 5.67. The van der Waals surface area contributed by atoms with Crippen LogP contribution in [0.4, 0.5) is 4.39 Å². The normalized spacial score (nSPS) is 10.9. The molecule has 2 aromatic rings. The Kier molecular flexibility index (Phi) is 3.62. The highest BCUT2D eigenvalue weighted by atomic mass is 19.1. The molecule has 0 amide bonds. The Morgan fingerprint density at radius 3 is 2.78 bits per heavy atom. The average Bonchev–Trinajstić information content (AvgIpc) is 2.79. The molecule has 0 aliphatic rings. The number of halogens is 1. The van der Waals surface area contributed by atoms with Gasteiger partial charge in [0.25, 0.3) is 0 Å². The van der Waals surface area contributed by atoms with E-state index in [1.807, 2.05) is 13.8 Å². The SMILES string of the molecule is CC(C)Oc1ccc(F)cc1-c1cc(CO)[nH]n1. The van der Waals surface area contributed by atoms with E-state index in [1.165, 1.54) is 12.1 Å². The summed E-state index contributed by atoms with van der Waals surface area (Å²) in [4.78, 5) is 0. The molecule has 0 bridgehead atoms. The van der Waals surface area contributed by atoms with Crippen molar-refractivity contribution in [1.82, 2.24) is 10.2 Å². The van der Waals surface area contributed by atoms with E-state index in [9.17, 15) is 4.39 Å². The van der Waals surface area contributed by atoms with Gasteiger partial charge in [-0.25, -0.2) is 4.39 Å². The molecule has 0 saturated carbocycles. The lowest BCUT2D eigenvalue weighted by molar-refractivity contribution is 0.243. The second-order valence-corrected chi connectivity index (χ2v) is 4.24. The number of benzene rings is 1. The molecule has 2 N–H and O–H groups in total. The molecule has 5 heteroatoms. The lowest BCUT2D eigenvalue weighted by Crippen LogP contribution is -2.06. The molecule has 0 spiro atoms. The third-order valence-corrected chi connectivity index (χ3v) is 2.38. The van der Waals surface area contributed by atoms with Crippen LogP contribution in [0.2, 0.25) is 0 Å². The van der Waals surface area contributed by atoms with Crippen LogP contribution in [0.25, 0.3) is 11.3 Å². The standard InChI is InChI=1S/C13H15FN2O2/c1-8(2)18-13-4-3-9(14)5-11(13)12-6-10(7-17)15-16-12/h3-6,8,17H,7H2,1-2H3,(H,15,16). The highest BCUT2D eigenvalue weighted by Crippen LogP contribution is 2.30. The van der Waals surface area contributed by atoms with E-state index in [1.54, 1.807) is 12.1 Å². The van der Waals surface area contributed by atoms with Gasteiger partial charge in [-0.15, -0.1) is 0 Å². The summed E-state index contributed by atoms with van der Waals surface area (Å²) >= 11 is 0. The molecule has 2 rings (SSSR count). The van der Waals surface area contributed by atoms with Crippen molar-refractivity contribution in [2.45, 2.75) is 26.6 Å². The van der Waals surface area contributed by atoms with Crippen molar-refractivity contribution in [3.05, 3.63) is 35.8 Å². The molecule has 0 atom stereocenters. The van der Waals surface area contributed by atoms with Crippen LogP contribution in [-0.4, -0.2) is 21.4 Å². The van der Waals surface area contributed by atoms with Crippen LogP contribution in [0.5, 0.6) is 5.75 Å². The van der Waals surface area contributed by atoms with Crippen LogP contribution >= 0.6 is 0 Å². The molecule has 4 nitrogen and oxygen atoms in total. The van der Waals surface area contributed by atoms with E-state index in [0.29, 0.717) is 22.7 Å². The predicted octanol–water partition coefficient (Wildman–Crippen LogP) is 2.50. The minimum Gasteiger partial charge on any atom is -0.490 e. The van der Waals surface area contributed by atoms with Crippen molar-refractivity contribution >= 4 is 0 Å². The lowest BCUT2D eigenvalue weighted by Gasteiger charge is -2.13. The molecule has 18 heavy (non-hydrogen) atoms. The smallest absolute Gasteiger partial charge is 0.129 e. The minimum atomic E-state index is -0.352. The molecule has 0 fully saturated rings. The van der Waals surface area contributed by atoms with Crippen molar-refractivity contribution in [3.8, 4) is 17.0 Å². The summed E-state index contributed by atoms with van der Waals surface area (Å²) in [6.45, 7) is 3.66. The summed E-state index contributed by atoms with van der Waals surface area (Å²) in [6.07, 6.45) is -0.00883. The zero-order chi connectivity index (χ0) is 13.1. The third kappa shape index (κ3) is 2.68. The summed E-state index contributed by atoms with van der Waals surface area (Å²) in [5.74, 6) is 0.219. The fourth-order valence-corrected chi connectivity index (χ4v) is 1.64. The van der Waals surface area contributed by atoms with Gasteiger partial charge in [0.15, 0.2) is 0 Å². The first kappa shape index (κ1) is 12.6. The summed E-state index contributed by atoms with van der Waals surface area (Å²) in [6, 6.07) is 5.97. The molecule has 96 valence electrons. The van der Waals surface area contributed by atoms with Gasteiger partial charge < -0.3 is 9.84 Å². The van der Waals surface area contributed by atoms with Gasteiger partial charge in [0.2, 0.25) is 0 Å². The molecule has 0 saturated heterocycles. The molecule has 0 aliphatic carbocycles. The van der Waals surface area contributed by atoms with Gasteiger partial charge in [-0.05, 0) is 38.1 Å². The number of H-pyrrole nitrogens is 1. The second-order valence-electron chi connectivity index (χ2n) is 4.24. The third-order valence-electron chi connectivity index (χ3n) is 2.38. The van der Waals surface area contributed by atoms with Crippen LogP contribution in [0.1, 0.15) is 19.5 Å². The van der Waals surface area contributed by atoms with E-state index in [0.717, 1.165) is 0 Å². The maximum Gasteiger partial charge on any atom is 0.129 e. The van der Waals surface area contributed by atoms with Crippen molar-refractivity contribution in [2.75, 3.05) is 0 Å². The average molecular weight is 250 g/mol. The van der Waals surface area contributed by atoms with Crippen molar-refractivity contribution in [2.24, 2.45) is 0 Å². The number of aliphatic hydroxyl groups is 1. The Hall–Kier alpha value is -1.88. The highest BCUT2D eigenvalue weighted by Gasteiger charge is 2.12. The van der Waals surface area contributed by atoms with Crippen LogP contribution in [0.3, 0.4) is 0 Å². The van der Waals surface area contributed by atoms with Crippen molar-refractivity contribution in [1.29, 1.82) is 0 Å². The molecule has 1 heterocycles.